The molecule has 1 aliphatic heterocycles. The van der Waals surface area contributed by atoms with Gasteiger partial charge >= 0.3 is 0 Å². The number of carbonyl (C=O) groups excluding carboxylic acids is 1. The molecule has 3 atom stereocenters. The van der Waals surface area contributed by atoms with E-state index in [1.807, 2.05) is 67.6 Å². The number of benzene rings is 4. The van der Waals surface area contributed by atoms with Crippen LogP contribution in [0.1, 0.15) is 46.8 Å². The fraction of sp³-hybridized carbons (Fsp3) is 0.242. The van der Waals surface area contributed by atoms with Crippen molar-refractivity contribution < 1.29 is 28.2 Å². The summed E-state index contributed by atoms with van der Waals surface area (Å²) in [7, 11) is 0. The Balaban J connectivity index is 1.67. The van der Waals surface area contributed by atoms with E-state index in [1.165, 1.54) is 25.1 Å². The largest absolute Gasteiger partial charge is 0.488 e. The first kappa shape index (κ1) is 29.5. The third-order valence-corrected chi connectivity index (χ3v) is 7.94. The Morgan fingerprint density at radius 2 is 1.76 bits per heavy atom. The molecule has 0 fully saturated rings. The number of amides is 1. The minimum Gasteiger partial charge on any atom is -0.488 e. The maximum absolute atomic E-state index is 16.2. The summed E-state index contributed by atoms with van der Waals surface area (Å²) in [6.07, 6.45) is -0.881. The molecule has 0 saturated heterocycles. The van der Waals surface area contributed by atoms with Gasteiger partial charge in [-0.05, 0) is 30.2 Å². The first-order valence-corrected chi connectivity index (χ1v) is 14.0. The minimum absolute atomic E-state index is 0.0335. The van der Waals surface area contributed by atoms with Crippen LogP contribution in [-0.4, -0.2) is 30.3 Å². The molecule has 0 aromatic heterocycles. The lowest BCUT2D eigenvalue weighted by Gasteiger charge is -2.34. The number of nitrogens with one attached hydrogen (secondary N) is 1. The second-order valence-electron chi connectivity index (χ2n) is 10.5. The number of halogens is 3. The highest BCUT2D eigenvalue weighted by Crippen LogP contribution is 2.56. The number of carbonyl (C=O) groups is 1. The van der Waals surface area contributed by atoms with Crippen molar-refractivity contribution in [2.45, 2.75) is 38.0 Å². The van der Waals surface area contributed by atoms with Crippen LogP contribution in [0.15, 0.2) is 78.9 Å². The Morgan fingerprint density at radius 1 is 1.10 bits per heavy atom. The van der Waals surface area contributed by atoms with E-state index < -0.39 is 35.2 Å². The van der Waals surface area contributed by atoms with Crippen molar-refractivity contribution in [3.63, 3.8) is 0 Å². The number of nitrogens with two attached hydrogens (primary N) is 1. The molecule has 6 nitrogen and oxygen atoms in total. The van der Waals surface area contributed by atoms with Crippen molar-refractivity contribution in [3.8, 4) is 22.6 Å². The average Bonchev–Trinajstić information content (AvgIpc) is 3.25. The Bertz CT molecular complexity index is 1600. The van der Waals surface area contributed by atoms with Gasteiger partial charge in [0.25, 0.3) is 0 Å². The van der Waals surface area contributed by atoms with Gasteiger partial charge < -0.3 is 25.6 Å². The van der Waals surface area contributed by atoms with Crippen LogP contribution in [0.4, 0.5) is 8.78 Å². The van der Waals surface area contributed by atoms with Crippen molar-refractivity contribution in [2.24, 2.45) is 5.73 Å². The lowest BCUT2D eigenvalue weighted by Crippen LogP contribution is -2.44. The molecule has 1 amide bonds. The van der Waals surface area contributed by atoms with Crippen molar-refractivity contribution in [1.82, 2.24) is 5.32 Å². The SMILES string of the molecule is CC(O)COc1ccc(C(N)=O)c(-c2c(Cl)c(F)cc3c2[C@H](C)[C@@](CNCc2ccccc2)(c2ccccc2)O3)c1F. The number of aliphatic hydroxyl groups excluding tert-OH is 1. The zero-order chi connectivity index (χ0) is 30.0. The number of hydrogen-bond acceptors (Lipinski definition) is 5. The summed E-state index contributed by atoms with van der Waals surface area (Å²) >= 11 is 6.58. The summed E-state index contributed by atoms with van der Waals surface area (Å²) < 4.78 is 43.7. The van der Waals surface area contributed by atoms with Gasteiger partial charge in [-0.3, -0.25) is 4.79 Å². The fourth-order valence-corrected chi connectivity index (χ4v) is 5.78. The number of primary amides is 1. The Morgan fingerprint density at radius 3 is 2.40 bits per heavy atom. The molecule has 1 heterocycles. The quantitative estimate of drug-likeness (QED) is 0.200. The highest BCUT2D eigenvalue weighted by Gasteiger charge is 2.49. The molecule has 9 heteroatoms. The van der Waals surface area contributed by atoms with Crippen molar-refractivity contribution in [2.75, 3.05) is 13.2 Å². The van der Waals surface area contributed by atoms with E-state index in [4.69, 9.17) is 26.8 Å². The van der Waals surface area contributed by atoms with Gasteiger partial charge in [-0.15, -0.1) is 0 Å². The van der Waals surface area contributed by atoms with Crippen molar-refractivity contribution in [3.05, 3.63) is 118 Å². The zero-order valence-electron chi connectivity index (χ0n) is 23.2. The molecule has 0 saturated carbocycles. The van der Waals surface area contributed by atoms with Crippen LogP contribution < -0.4 is 20.5 Å². The number of hydrogen-bond donors (Lipinski definition) is 3. The summed E-state index contributed by atoms with van der Waals surface area (Å²) in [4.78, 5) is 12.5. The molecule has 0 bridgehead atoms. The summed E-state index contributed by atoms with van der Waals surface area (Å²) in [6.45, 7) is 4.05. The Kier molecular flexibility index (Phi) is 8.50. The lowest BCUT2D eigenvalue weighted by atomic mass is 9.77. The molecule has 4 aromatic rings. The number of aliphatic hydroxyl groups is 1. The van der Waals surface area contributed by atoms with Crippen LogP contribution >= 0.6 is 11.6 Å². The third-order valence-electron chi connectivity index (χ3n) is 7.57. The zero-order valence-corrected chi connectivity index (χ0v) is 23.9. The van der Waals surface area contributed by atoms with Gasteiger partial charge in [0.2, 0.25) is 5.91 Å². The van der Waals surface area contributed by atoms with Gasteiger partial charge in [0.15, 0.2) is 17.2 Å². The second-order valence-corrected chi connectivity index (χ2v) is 10.8. The summed E-state index contributed by atoms with van der Waals surface area (Å²) in [5, 5.41) is 12.8. The predicted octanol–water partition coefficient (Wildman–Crippen LogP) is 6.32. The molecule has 42 heavy (non-hydrogen) atoms. The van der Waals surface area contributed by atoms with E-state index in [1.54, 1.807) is 0 Å². The number of rotatable bonds is 10. The van der Waals surface area contributed by atoms with Crippen LogP contribution in [0.25, 0.3) is 11.1 Å². The molecule has 4 aromatic carbocycles. The number of fused-ring (bicyclic) bond motifs is 1. The monoisotopic (exact) mass is 592 g/mol. The van der Waals surface area contributed by atoms with E-state index in [9.17, 15) is 9.90 Å². The summed E-state index contributed by atoms with van der Waals surface area (Å²) in [6, 6.07) is 23.1. The van der Waals surface area contributed by atoms with Gasteiger partial charge in [0.1, 0.15) is 18.2 Å². The first-order valence-electron chi connectivity index (χ1n) is 13.6. The first-order chi connectivity index (χ1) is 20.1. The van der Waals surface area contributed by atoms with Crippen LogP contribution in [0.2, 0.25) is 5.02 Å². The third kappa shape index (κ3) is 5.45. The van der Waals surface area contributed by atoms with Crippen LogP contribution in [-0.2, 0) is 12.1 Å². The topological polar surface area (TPSA) is 93.8 Å². The molecule has 0 radical (unpaired) electrons. The molecule has 0 aliphatic carbocycles. The predicted molar refractivity (Wildman–Crippen MR) is 158 cm³/mol. The summed E-state index contributed by atoms with van der Waals surface area (Å²) in [5.41, 5.74) is 6.43. The van der Waals surface area contributed by atoms with Gasteiger partial charge in [-0.25, -0.2) is 8.78 Å². The smallest absolute Gasteiger partial charge is 0.249 e. The number of ether oxygens (including phenoxy) is 2. The Hall–Kier alpha value is -3.98. The van der Waals surface area contributed by atoms with Crippen molar-refractivity contribution >= 4 is 17.5 Å². The van der Waals surface area contributed by atoms with E-state index in [2.05, 4.69) is 5.32 Å². The van der Waals surface area contributed by atoms with E-state index in [0.29, 0.717) is 18.7 Å². The second kappa shape index (κ2) is 12.1. The van der Waals surface area contributed by atoms with E-state index >= 15 is 8.78 Å². The molecular weight excluding hydrogens is 562 g/mol. The highest BCUT2D eigenvalue weighted by molar-refractivity contribution is 6.34. The van der Waals surface area contributed by atoms with Gasteiger partial charge in [0.05, 0.1) is 16.7 Å². The molecule has 1 aliphatic rings. The van der Waals surface area contributed by atoms with Crippen LogP contribution in [0.3, 0.4) is 0 Å². The maximum atomic E-state index is 16.2. The molecule has 1 unspecified atom stereocenters. The van der Waals surface area contributed by atoms with Crippen LogP contribution in [0, 0.1) is 11.6 Å². The van der Waals surface area contributed by atoms with Gasteiger partial charge in [-0.2, -0.15) is 0 Å². The van der Waals surface area contributed by atoms with E-state index in [0.717, 1.165) is 11.1 Å². The Labute approximate surface area is 248 Å². The normalized spacial score (nSPS) is 18.3. The lowest BCUT2D eigenvalue weighted by molar-refractivity contribution is 0.0693. The fourth-order valence-electron chi connectivity index (χ4n) is 5.53. The maximum Gasteiger partial charge on any atom is 0.249 e. The van der Waals surface area contributed by atoms with Gasteiger partial charge in [-0.1, -0.05) is 79.2 Å². The van der Waals surface area contributed by atoms with Gasteiger partial charge in [0, 0.05) is 41.8 Å². The van der Waals surface area contributed by atoms with Crippen molar-refractivity contribution in [1.29, 1.82) is 0 Å². The van der Waals surface area contributed by atoms with E-state index in [-0.39, 0.29) is 39.8 Å². The highest BCUT2D eigenvalue weighted by atomic mass is 35.5. The summed E-state index contributed by atoms with van der Waals surface area (Å²) in [5.74, 6) is -3.28. The molecule has 4 N–H and O–H groups in total. The molecule has 5 rings (SSSR count). The average molecular weight is 593 g/mol. The standard InChI is InChI=1S/C33H31ClF2N2O4/c1-19(39)17-41-25-14-13-23(32(37)40)28(31(25)36)29-27-20(2)33(22-11-7-4-8-12-22,42-26(27)15-24(35)30(29)34)18-38-16-21-9-5-3-6-10-21/h3-15,19-20,38-39H,16-18H2,1-2H3,(H2,37,40)/t19?,20-,33-/m0/s1. The molecule has 218 valence electrons. The van der Waals surface area contributed by atoms with Crippen LogP contribution in [0.5, 0.6) is 11.5 Å². The molecular formula is C33H31ClF2N2O4. The molecule has 0 spiro atoms. The minimum atomic E-state index is -1.03.